The van der Waals surface area contributed by atoms with Crippen molar-refractivity contribution >= 4 is 33.1 Å². The van der Waals surface area contributed by atoms with Crippen LogP contribution in [0.3, 0.4) is 0 Å². The van der Waals surface area contributed by atoms with Crippen molar-refractivity contribution in [1.82, 2.24) is 14.8 Å². The number of nitrogens with one attached hydrogen (secondary N) is 1. The van der Waals surface area contributed by atoms with Gasteiger partial charge in [-0.25, -0.2) is 4.98 Å². The maximum absolute atomic E-state index is 12.4. The summed E-state index contributed by atoms with van der Waals surface area (Å²) in [5.74, 6) is 0.465. The van der Waals surface area contributed by atoms with Crippen molar-refractivity contribution in [3.63, 3.8) is 0 Å². The van der Waals surface area contributed by atoms with Gasteiger partial charge in [0.05, 0.1) is 27.6 Å². The molecule has 0 unspecified atom stereocenters. The maximum Gasteiger partial charge on any atom is 0.255 e. The van der Waals surface area contributed by atoms with Crippen LogP contribution in [0.1, 0.15) is 23.2 Å². The Balaban J connectivity index is 1.41. The lowest BCUT2D eigenvalue weighted by Crippen LogP contribution is -2.20. The number of rotatable bonds is 4. The molecule has 0 spiro atoms. The SMILES string of the molecule is O=C(Nc1cnn(CC2CCOCC2)c1)c1ccc2ncsc2c1. The molecule has 0 atom stereocenters. The fraction of sp³-hybridized carbons (Fsp3) is 0.353. The molecule has 4 rings (SSSR count). The smallest absolute Gasteiger partial charge is 0.255 e. The number of ether oxygens (including phenoxy) is 1. The predicted molar refractivity (Wildman–Crippen MR) is 93.3 cm³/mol. The van der Waals surface area contributed by atoms with Gasteiger partial charge in [-0.15, -0.1) is 11.3 Å². The van der Waals surface area contributed by atoms with E-state index in [4.69, 9.17) is 4.74 Å². The number of carbonyl (C=O) groups excluding carboxylic acids is 1. The van der Waals surface area contributed by atoms with E-state index in [0.717, 1.165) is 48.5 Å². The van der Waals surface area contributed by atoms with Crippen molar-refractivity contribution < 1.29 is 9.53 Å². The molecule has 124 valence electrons. The average Bonchev–Trinajstić information content (AvgIpc) is 3.24. The van der Waals surface area contributed by atoms with Gasteiger partial charge in [0, 0.05) is 31.5 Å². The largest absolute Gasteiger partial charge is 0.381 e. The van der Waals surface area contributed by atoms with Gasteiger partial charge in [-0.1, -0.05) is 0 Å². The number of anilines is 1. The molecular formula is C17H18N4O2S. The summed E-state index contributed by atoms with van der Waals surface area (Å²) >= 11 is 1.53. The van der Waals surface area contributed by atoms with Crippen LogP contribution < -0.4 is 5.32 Å². The first-order valence-corrected chi connectivity index (χ1v) is 8.91. The van der Waals surface area contributed by atoms with Crippen molar-refractivity contribution in [2.45, 2.75) is 19.4 Å². The van der Waals surface area contributed by atoms with Gasteiger partial charge >= 0.3 is 0 Å². The molecule has 1 aliphatic heterocycles. The van der Waals surface area contributed by atoms with Crippen LogP contribution in [0.4, 0.5) is 5.69 Å². The molecule has 3 heterocycles. The molecule has 1 aliphatic rings. The fourth-order valence-electron chi connectivity index (χ4n) is 2.92. The van der Waals surface area contributed by atoms with E-state index in [9.17, 15) is 4.79 Å². The minimum absolute atomic E-state index is 0.129. The van der Waals surface area contributed by atoms with Gasteiger partial charge in [0.15, 0.2) is 0 Å². The molecule has 0 aliphatic carbocycles. The first-order chi connectivity index (χ1) is 11.8. The number of hydrogen-bond donors (Lipinski definition) is 1. The molecule has 1 N–H and O–H groups in total. The highest BCUT2D eigenvalue weighted by atomic mass is 32.1. The van der Waals surface area contributed by atoms with Crippen LogP contribution in [0.15, 0.2) is 36.1 Å². The molecule has 24 heavy (non-hydrogen) atoms. The van der Waals surface area contributed by atoms with E-state index in [-0.39, 0.29) is 5.91 Å². The molecule has 1 amide bonds. The van der Waals surface area contributed by atoms with Crippen LogP contribution in [0, 0.1) is 5.92 Å². The van der Waals surface area contributed by atoms with E-state index >= 15 is 0 Å². The van der Waals surface area contributed by atoms with E-state index in [1.807, 2.05) is 23.0 Å². The quantitative estimate of drug-likeness (QED) is 0.791. The van der Waals surface area contributed by atoms with E-state index in [1.165, 1.54) is 11.3 Å². The lowest BCUT2D eigenvalue weighted by Gasteiger charge is -2.21. The van der Waals surface area contributed by atoms with Gasteiger partial charge in [0.25, 0.3) is 5.91 Å². The summed E-state index contributed by atoms with van der Waals surface area (Å²) < 4.78 is 8.29. The minimum atomic E-state index is -0.129. The number of amides is 1. The van der Waals surface area contributed by atoms with E-state index in [2.05, 4.69) is 15.4 Å². The Morgan fingerprint density at radius 1 is 1.38 bits per heavy atom. The van der Waals surface area contributed by atoms with Crippen LogP contribution in [-0.4, -0.2) is 33.9 Å². The highest BCUT2D eigenvalue weighted by Crippen LogP contribution is 2.20. The van der Waals surface area contributed by atoms with E-state index in [0.29, 0.717) is 11.5 Å². The summed E-state index contributed by atoms with van der Waals surface area (Å²) in [6.45, 7) is 2.53. The topological polar surface area (TPSA) is 69.0 Å². The van der Waals surface area contributed by atoms with Gasteiger partial charge in [0.2, 0.25) is 0 Å². The van der Waals surface area contributed by atoms with E-state index < -0.39 is 0 Å². The Bertz CT molecular complexity index is 851. The van der Waals surface area contributed by atoms with Crippen LogP contribution in [-0.2, 0) is 11.3 Å². The van der Waals surface area contributed by atoms with Gasteiger partial charge in [-0.2, -0.15) is 5.10 Å². The average molecular weight is 342 g/mol. The van der Waals surface area contributed by atoms with Crippen LogP contribution in [0.5, 0.6) is 0 Å². The maximum atomic E-state index is 12.4. The van der Waals surface area contributed by atoms with Crippen molar-refractivity contribution in [3.8, 4) is 0 Å². The van der Waals surface area contributed by atoms with Crippen molar-refractivity contribution in [2.75, 3.05) is 18.5 Å². The number of nitrogens with zero attached hydrogens (tertiary/aromatic N) is 3. The number of thiazole rings is 1. The molecular weight excluding hydrogens is 324 g/mol. The predicted octanol–water partition coefficient (Wildman–Crippen LogP) is 3.17. The first kappa shape index (κ1) is 15.3. The molecule has 0 radical (unpaired) electrons. The monoisotopic (exact) mass is 342 g/mol. The second-order valence-corrected chi connectivity index (χ2v) is 6.88. The number of hydrogen-bond acceptors (Lipinski definition) is 5. The Labute approximate surface area is 143 Å². The second-order valence-electron chi connectivity index (χ2n) is 6.00. The zero-order chi connectivity index (χ0) is 16.4. The third kappa shape index (κ3) is 3.32. The van der Waals surface area contributed by atoms with Gasteiger partial charge in [-0.3, -0.25) is 9.48 Å². The molecule has 1 fully saturated rings. The first-order valence-electron chi connectivity index (χ1n) is 8.03. The molecule has 0 saturated carbocycles. The van der Waals surface area contributed by atoms with Gasteiger partial charge in [-0.05, 0) is 37.0 Å². The highest BCUT2D eigenvalue weighted by Gasteiger charge is 2.15. The number of fused-ring (bicyclic) bond motifs is 1. The number of aromatic nitrogens is 3. The molecule has 0 bridgehead atoms. The molecule has 1 aromatic carbocycles. The van der Waals surface area contributed by atoms with Crippen molar-refractivity contribution in [1.29, 1.82) is 0 Å². The normalized spacial score (nSPS) is 15.7. The zero-order valence-electron chi connectivity index (χ0n) is 13.1. The zero-order valence-corrected chi connectivity index (χ0v) is 14.0. The van der Waals surface area contributed by atoms with Gasteiger partial charge in [0.1, 0.15) is 0 Å². The standard InChI is InChI=1S/C17H18N4O2S/c22-17(13-1-2-15-16(7-13)24-11-18-15)20-14-8-19-21(10-14)9-12-3-5-23-6-4-12/h1-2,7-8,10-12H,3-6,9H2,(H,20,22). The molecule has 3 aromatic rings. The highest BCUT2D eigenvalue weighted by molar-refractivity contribution is 7.16. The van der Waals surface area contributed by atoms with Crippen LogP contribution >= 0.6 is 11.3 Å². The summed E-state index contributed by atoms with van der Waals surface area (Å²) in [6.07, 6.45) is 5.72. The van der Waals surface area contributed by atoms with Crippen molar-refractivity contribution in [2.24, 2.45) is 5.92 Å². The lowest BCUT2D eigenvalue weighted by atomic mass is 10.0. The third-order valence-corrected chi connectivity index (χ3v) is 5.06. The Morgan fingerprint density at radius 2 is 2.25 bits per heavy atom. The third-order valence-electron chi connectivity index (χ3n) is 4.27. The molecule has 1 saturated heterocycles. The van der Waals surface area contributed by atoms with Crippen LogP contribution in [0.2, 0.25) is 0 Å². The molecule has 7 heteroatoms. The summed E-state index contributed by atoms with van der Waals surface area (Å²) in [4.78, 5) is 16.6. The fourth-order valence-corrected chi connectivity index (χ4v) is 3.64. The lowest BCUT2D eigenvalue weighted by molar-refractivity contribution is 0.0601. The number of benzene rings is 1. The second kappa shape index (κ2) is 6.70. The number of carbonyl (C=O) groups is 1. The van der Waals surface area contributed by atoms with Crippen LogP contribution in [0.25, 0.3) is 10.2 Å². The molecule has 2 aromatic heterocycles. The molecule has 6 nitrogen and oxygen atoms in total. The van der Waals surface area contributed by atoms with E-state index in [1.54, 1.807) is 17.8 Å². The summed E-state index contributed by atoms with van der Waals surface area (Å²) in [5.41, 5.74) is 4.05. The van der Waals surface area contributed by atoms with Crippen molar-refractivity contribution in [3.05, 3.63) is 41.7 Å². The Hall–Kier alpha value is -2.25. The summed E-state index contributed by atoms with van der Waals surface area (Å²) in [6, 6.07) is 5.54. The summed E-state index contributed by atoms with van der Waals surface area (Å²) in [7, 11) is 0. The van der Waals surface area contributed by atoms with Gasteiger partial charge < -0.3 is 10.1 Å². The summed E-state index contributed by atoms with van der Waals surface area (Å²) in [5, 5.41) is 7.26. The minimum Gasteiger partial charge on any atom is -0.381 e. The Kier molecular flexibility index (Phi) is 4.27. The Morgan fingerprint density at radius 3 is 3.12 bits per heavy atom.